The zero-order valence-corrected chi connectivity index (χ0v) is 24.7. The standard InChI is InChI=1S/C28H42N6O6/c1-16(2)11-20(25(37)34-14-18(35)12-21(34)26(38)33(8)17(3)4)30-24(36)19-9-10-29-13-22(19)39-15-23-31-27(40-32-23)28(5,6)7/h9-10,13,16-18,20-21,35H,11-12,14-15H2,1-8H3,(H,30,36)/t18-,20-,21+/m1/s1. The summed E-state index contributed by atoms with van der Waals surface area (Å²) in [5.41, 5.74) is -0.133. The summed E-state index contributed by atoms with van der Waals surface area (Å²) >= 11 is 0. The molecular weight excluding hydrogens is 516 g/mol. The summed E-state index contributed by atoms with van der Waals surface area (Å²) in [6.45, 7) is 13.5. The van der Waals surface area contributed by atoms with Crippen molar-refractivity contribution in [1.29, 1.82) is 0 Å². The third-order valence-electron chi connectivity index (χ3n) is 6.78. The van der Waals surface area contributed by atoms with Gasteiger partial charge in [0.15, 0.2) is 12.4 Å². The molecular formula is C28H42N6O6. The number of likely N-dealkylation sites (N-methyl/N-ethyl adjacent to an activating group) is 1. The summed E-state index contributed by atoms with van der Waals surface area (Å²) in [5, 5.41) is 17.1. The van der Waals surface area contributed by atoms with Crippen LogP contribution in [-0.4, -0.2) is 85.6 Å². The highest BCUT2D eigenvalue weighted by Crippen LogP contribution is 2.25. The Balaban J connectivity index is 1.78. The minimum absolute atomic E-state index is 0.0243. The lowest BCUT2D eigenvalue weighted by molar-refractivity contribution is -0.145. The molecule has 1 fully saturated rings. The summed E-state index contributed by atoms with van der Waals surface area (Å²) < 4.78 is 11.1. The minimum Gasteiger partial charge on any atom is -0.483 e. The van der Waals surface area contributed by atoms with Crippen molar-refractivity contribution in [2.45, 2.75) is 97.6 Å². The molecule has 0 aliphatic carbocycles. The first-order chi connectivity index (χ1) is 18.7. The van der Waals surface area contributed by atoms with E-state index in [1.54, 1.807) is 11.9 Å². The highest BCUT2D eigenvalue weighted by molar-refractivity contribution is 6.00. The zero-order chi connectivity index (χ0) is 29.8. The quantitative estimate of drug-likeness (QED) is 0.448. The number of carbonyl (C=O) groups is 3. The van der Waals surface area contributed by atoms with Crippen LogP contribution in [-0.2, 0) is 21.6 Å². The molecule has 3 amide bonds. The van der Waals surface area contributed by atoms with Gasteiger partial charge in [0.25, 0.3) is 5.91 Å². The predicted octanol–water partition coefficient (Wildman–Crippen LogP) is 2.31. The molecule has 3 heterocycles. The molecule has 12 nitrogen and oxygen atoms in total. The fraction of sp³-hybridized carbons (Fsp3) is 0.643. The van der Waals surface area contributed by atoms with Crippen LogP contribution in [0.5, 0.6) is 5.75 Å². The number of likely N-dealkylation sites (tertiary alicyclic amines) is 1. The van der Waals surface area contributed by atoms with Gasteiger partial charge >= 0.3 is 0 Å². The normalized spacial score (nSPS) is 18.2. The van der Waals surface area contributed by atoms with E-state index in [2.05, 4.69) is 20.4 Å². The first kappa shape index (κ1) is 31.0. The average Bonchev–Trinajstić information content (AvgIpc) is 3.52. The second-order valence-electron chi connectivity index (χ2n) is 12.0. The van der Waals surface area contributed by atoms with Gasteiger partial charge in [-0.05, 0) is 32.3 Å². The van der Waals surface area contributed by atoms with Gasteiger partial charge in [-0.2, -0.15) is 4.98 Å². The monoisotopic (exact) mass is 558 g/mol. The number of nitrogens with zero attached hydrogens (tertiary/aromatic N) is 5. The lowest BCUT2D eigenvalue weighted by atomic mass is 9.97. The highest BCUT2D eigenvalue weighted by atomic mass is 16.5. The van der Waals surface area contributed by atoms with Crippen LogP contribution < -0.4 is 10.1 Å². The Kier molecular flexibility index (Phi) is 9.88. The van der Waals surface area contributed by atoms with Crippen molar-refractivity contribution in [3.63, 3.8) is 0 Å². The van der Waals surface area contributed by atoms with Gasteiger partial charge in [0.1, 0.15) is 12.1 Å². The molecule has 220 valence electrons. The number of aliphatic hydroxyl groups excluding tert-OH is 1. The van der Waals surface area contributed by atoms with Crippen LogP contribution in [0.2, 0.25) is 0 Å². The number of aliphatic hydroxyl groups is 1. The van der Waals surface area contributed by atoms with E-state index in [0.29, 0.717) is 18.1 Å². The van der Waals surface area contributed by atoms with Gasteiger partial charge in [-0.15, -0.1) is 0 Å². The van der Waals surface area contributed by atoms with Crippen molar-refractivity contribution in [3.8, 4) is 5.75 Å². The number of β-amino-alcohol motifs (C(OH)–C–C–N with tert-alkyl or cyclic N) is 1. The van der Waals surface area contributed by atoms with E-state index in [1.807, 2.05) is 48.5 Å². The maximum absolute atomic E-state index is 13.7. The molecule has 0 spiro atoms. The lowest BCUT2D eigenvalue weighted by Gasteiger charge is -2.32. The molecule has 2 aromatic rings. The second kappa shape index (κ2) is 12.8. The molecule has 1 aliphatic rings. The Morgan fingerprint density at radius 1 is 1.25 bits per heavy atom. The minimum atomic E-state index is -0.912. The largest absolute Gasteiger partial charge is 0.483 e. The smallest absolute Gasteiger partial charge is 0.255 e. The van der Waals surface area contributed by atoms with E-state index < -0.39 is 30.0 Å². The Morgan fingerprint density at radius 2 is 1.95 bits per heavy atom. The molecule has 0 unspecified atom stereocenters. The number of carbonyl (C=O) groups excluding carboxylic acids is 3. The van der Waals surface area contributed by atoms with Gasteiger partial charge in [-0.25, -0.2) is 0 Å². The van der Waals surface area contributed by atoms with Crippen molar-refractivity contribution in [3.05, 3.63) is 35.7 Å². The van der Waals surface area contributed by atoms with Gasteiger partial charge in [0.05, 0.1) is 17.9 Å². The summed E-state index contributed by atoms with van der Waals surface area (Å²) in [6, 6.07) is -0.271. The van der Waals surface area contributed by atoms with Gasteiger partial charge < -0.3 is 29.5 Å². The van der Waals surface area contributed by atoms with Gasteiger partial charge in [0.2, 0.25) is 23.5 Å². The van der Waals surface area contributed by atoms with Crippen molar-refractivity contribution in [1.82, 2.24) is 30.2 Å². The number of nitrogens with one attached hydrogen (secondary N) is 1. The molecule has 0 saturated carbocycles. The first-order valence-electron chi connectivity index (χ1n) is 13.6. The van der Waals surface area contributed by atoms with Gasteiger partial charge in [-0.3, -0.25) is 19.4 Å². The third kappa shape index (κ3) is 7.56. The molecule has 40 heavy (non-hydrogen) atoms. The van der Waals surface area contributed by atoms with Crippen LogP contribution in [0, 0.1) is 5.92 Å². The number of rotatable bonds is 10. The Morgan fingerprint density at radius 3 is 2.55 bits per heavy atom. The maximum Gasteiger partial charge on any atom is 0.255 e. The van der Waals surface area contributed by atoms with Crippen molar-refractivity contribution < 1.29 is 28.8 Å². The number of aromatic nitrogens is 3. The van der Waals surface area contributed by atoms with E-state index in [9.17, 15) is 19.5 Å². The zero-order valence-electron chi connectivity index (χ0n) is 24.7. The van der Waals surface area contributed by atoms with E-state index in [1.165, 1.54) is 23.4 Å². The van der Waals surface area contributed by atoms with Gasteiger partial charge in [-0.1, -0.05) is 39.8 Å². The topological polar surface area (TPSA) is 151 Å². The average molecular weight is 559 g/mol. The Hall–Kier alpha value is -3.54. The SMILES string of the molecule is CC(C)C[C@@H](NC(=O)c1ccncc1OCc1noc(C(C)(C)C)n1)C(=O)N1C[C@H](O)C[C@H]1C(=O)N(C)C(C)C. The van der Waals surface area contributed by atoms with Crippen molar-refractivity contribution >= 4 is 17.7 Å². The molecule has 0 bridgehead atoms. The van der Waals surface area contributed by atoms with E-state index >= 15 is 0 Å². The fourth-order valence-electron chi connectivity index (χ4n) is 4.35. The molecule has 1 aliphatic heterocycles. The summed E-state index contributed by atoms with van der Waals surface area (Å²) in [7, 11) is 1.68. The number of ether oxygens (including phenoxy) is 1. The van der Waals surface area contributed by atoms with E-state index in [-0.39, 0.29) is 54.2 Å². The first-order valence-corrected chi connectivity index (χ1v) is 13.6. The third-order valence-corrected chi connectivity index (χ3v) is 6.78. The van der Waals surface area contributed by atoms with Crippen LogP contribution in [0.4, 0.5) is 0 Å². The summed E-state index contributed by atoms with van der Waals surface area (Å²) in [5.74, 6) is -0.125. The van der Waals surface area contributed by atoms with Crippen LogP contribution in [0.15, 0.2) is 23.0 Å². The Bertz CT molecular complexity index is 1190. The van der Waals surface area contributed by atoms with Crippen LogP contribution in [0.25, 0.3) is 0 Å². The molecule has 0 radical (unpaired) electrons. The van der Waals surface area contributed by atoms with Crippen LogP contribution >= 0.6 is 0 Å². The predicted molar refractivity (Wildman–Crippen MR) is 146 cm³/mol. The summed E-state index contributed by atoms with van der Waals surface area (Å²) in [6.07, 6.45) is 2.54. The molecule has 0 aromatic carbocycles. The number of amides is 3. The van der Waals surface area contributed by atoms with Crippen LogP contribution in [0.3, 0.4) is 0 Å². The highest BCUT2D eigenvalue weighted by Gasteiger charge is 2.43. The molecule has 3 atom stereocenters. The van der Waals surface area contributed by atoms with E-state index in [0.717, 1.165) is 0 Å². The van der Waals surface area contributed by atoms with Crippen LogP contribution in [0.1, 0.15) is 83.4 Å². The number of hydrogen-bond donors (Lipinski definition) is 2. The van der Waals surface area contributed by atoms with E-state index in [4.69, 9.17) is 9.26 Å². The molecule has 1 saturated heterocycles. The number of hydrogen-bond acceptors (Lipinski definition) is 9. The fourth-order valence-corrected chi connectivity index (χ4v) is 4.35. The lowest BCUT2D eigenvalue weighted by Crippen LogP contribution is -2.54. The molecule has 12 heteroatoms. The molecule has 3 rings (SSSR count). The Labute approximate surface area is 235 Å². The van der Waals surface area contributed by atoms with Crippen molar-refractivity contribution in [2.75, 3.05) is 13.6 Å². The van der Waals surface area contributed by atoms with Crippen molar-refractivity contribution in [2.24, 2.45) is 5.92 Å². The molecule has 2 aromatic heterocycles. The molecule has 2 N–H and O–H groups in total. The second-order valence-corrected chi connectivity index (χ2v) is 12.0. The maximum atomic E-state index is 13.7. The summed E-state index contributed by atoms with van der Waals surface area (Å²) in [4.78, 5) is 51.7. The van der Waals surface area contributed by atoms with Gasteiger partial charge in [0, 0.05) is 37.7 Å². The number of pyridine rings is 1.